The molecule has 0 atom stereocenters. The van der Waals surface area contributed by atoms with E-state index < -0.39 is 11.7 Å². The summed E-state index contributed by atoms with van der Waals surface area (Å²) in [7, 11) is 0. The van der Waals surface area contributed by atoms with Crippen molar-refractivity contribution in [3.8, 4) is 0 Å². The topological polar surface area (TPSA) is 12.0 Å². The molecule has 1 aromatic rings. The van der Waals surface area contributed by atoms with Crippen LogP contribution in [0.25, 0.3) is 0 Å². The number of nitrogens with one attached hydrogen (secondary N) is 1. The van der Waals surface area contributed by atoms with Crippen molar-refractivity contribution in [2.75, 3.05) is 5.32 Å². The first-order valence-corrected chi connectivity index (χ1v) is 6.74. The van der Waals surface area contributed by atoms with Gasteiger partial charge in [0.05, 0.1) is 5.56 Å². The summed E-state index contributed by atoms with van der Waals surface area (Å²) >= 11 is 3.22. The largest absolute Gasteiger partial charge is 0.418 e. The van der Waals surface area contributed by atoms with Crippen molar-refractivity contribution in [3.63, 3.8) is 0 Å². The highest BCUT2D eigenvalue weighted by atomic mass is 79.9. The molecule has 0 radical (unpaired) electrons. The molecule has 100 valence electrons. The summed E-state index contributed by atoms with van der Waals surface area (Å²) in [5.41, 5.74) is -0.652. The van der Waals surface area contributed by atoms with Gasteiger partial charge in [-0.25, -0.2) is 0 Å². The van der Waals surface area contributed by atoms with Gasteiger partial charge in [-0.3, -0.25) is 0 Å². The van der Waals surface area contributed by atoms with Crippen LogP contribution in [0, 0.1) is 0 Å². The molecule has 1 aliphatic rings. The maximum Gasteiger partial charge on any atom is 0.418 e. The molecule has 0 aliphatic heterocycles. The van der Waals surface area contributed by atoms with Crippen LogP contribution in [-0.4, -0.2) is 5.54 Å². The first-order valence-electron chi connectivity index (χ1n) is 5.95. The molecule has 0 saturated heterocycles. The predicted molar refractivity (Wildman–Crippen MR) is 69.6 cm³/mol. The van der Waals surface area contributed by atoms with Gasteiger partial charge in [-0.2, -0.15) is 13.2 Å². The van der Waals surface area contributed by atoms with Gasteiger partial charge in [0.1, 0.15) is 0 Å². The SMILES string of the molecule is CC1(Nc2cc(Br)ccc2C(F)(F)F)CCCC1. The maximum absolute atomic E-state index is 12.9. The molecule has 0 heterocycles. The van der Waals surface area contributed by atoms with Crippen LogP contribution in [0.4, 0.5) is 18.9 Å². The number of alkyl halides is 3. The van der Waals surface area contributed by atoms with Gasteiger partial charge in [-0.15, -0.1) is 0 Å². The Kier molecular flexibility index (Phi) is 3.63. The highest BCUT2D eigenvalue weighted by Crippen LogP contribution is 2.40. The summed E-state index contributed by atoms with van der Waals surface area (Å²) in [6.07, 6.45) is -0.358. The van der Waals surface area contributed by atoms with E-state index in [1.54, 1.807) is 0 Å². The average Bonchev–Trinajstić information content (AvgIpc) is 2.62. The zero-order valence-electron chi connectivity index (χ0n) is 10.1. The molecule has 0 spiro atoms. The summed E-state index contributed by atoms with van der Waals surface area (Å²) in [6, 6.07) is 4.04. The quantitative estimate of drug-likeness (QED) is 0.788. The second-order valence-corrected chi connectivity index (χ2v) is 6.00. The van der Waals surface area contributed by atoms with E-state index in [0.29, 0.717) is 4.47 Å². The maximum atomic E-state index is 12.9. The number of benzene rings is 1. The van der Waals surface area contributed by atoms with Gasteiger partial charge in [0.25, 0.3) is 0 Å². The Balaban J connectivity index is 2.33. The molecule has 5 heteroatoms. The Hall–Kier alpha value is -0.710. The third-order valence-corrected chi connectivity index (χ3v) is 3.92. The minimum absolute atomic E-state index is 0.168. The Morgan fingerprint density at radius 1 is 1.22 bits per heavy atom. The average molecular weight is 322 g/mol. The van der Waals surface area contributed by atoms with Crippen molar-refractivity contribution >= 4 is 21.6 Å². The van der Waals surface area contributed by atoms with Gasteiger partial charge in [-0.1, -0.05) is 28.8 Å². The Morgan fingerprint density at radius 3 is 2.39 bits per heavy atom. The van der Waals surface area contributed by atoms with Gasteiger partial charge in [0.2, 0.25) is 0 Å². The lowest BCUT2D eigenvalue weighted by Gasteiger charge is -2.28. The van der Waals surface area contributed by atoms with E-state index in [-0.39, 0.29) is 11.2 Å². The van der Waals surface area contributed by atoms with E-state index in [4.69, 9.17) is 0 Å². The highest BCUT2D eigenvalue weighted by molar-refractivity contribution is 9.10. The number of anilines is 1. The first kappa shape index (κ1) is 13.7. The second kappa shape index (κ2) is 4.76. The lowest BCUT2D eigenvalue weighted by Crippen LogP contribution is -2.32. The molecule has 0 bridgehead atoms. The lowest BCUT2D eigenvalue weighted by molar-refractivity contribution is -0.137. The normalized spacial score (nSPS) is 18.9. The monoisotopic (exact) mass is 321 g/mol. The molecule has 1 fully saturated rings. The first-order chi connectivity index (χ1) is 8.30. The summed E-state index contributed by atoms with van der Waals surface area (Å²) in [6.45, 7) is 1.99. The van der Waals surface area contributed by atoms with Crippen molar-refractivity contribution in [1.82, 2.24) is 0 Å². The molecular formula is C13H15BrF3N. The zero-order valence-corrected chi connectivity index (χ0v) is 11.7. The number of halogens is 4. The standard InChI is InChI=1S/C13H15BrF3N/c1-12(6-2-3-7-12)18-11-8-9(14)4-5-10(11)13(15,16)17/h4-5,8,18H,2-3,6-7H2,1H3. The van der Waals surface area contributed by atoms with E-state index >= 15 is 0 Å². The van der Waals surface area contributed by atoms with Crippen molar-refractivity contribution in [2.45, 2.75) is 44.3 Å². The molecule has 1 aliphatic carbocycles. The van der Waals surface area contributed by atoms with Crippen molar-refractivity contribution in [2.24, 2.45) is 0 Å². The number of hydrogen-bond donors (Lipinski definition) is 1. The molecule has 2 rings (SSSR count). The smallest absolute Gasteiger partial charge is 0.379 e. The van der Waals surface area contributed by atoms with Gasteiger partial charge in [0, 0.05) is 15.7 Å². The van der Waals surface area contributed by atoms with Crippen molar-refractivity contribution in [3.05, 3.63) is 28.2 Å². The molecule has 1 nitrogen and oxygen atoms in total. The molecular weight excluding hydrogens is 307 g/mol. The van der Waals surface area contributed by atoms with E-state index in [1.807, 2.05) is 6.92 Å². The fourth-order valence-electron chi connectivity index (χ4n) is 2.47. The van der Waals surface area contributed by atoms with Crippen LogP contribution >= 0.6 is 15.9 Å². The summed E-state index contributed by atoms with van der Waals surface area (Å²) in [4.78, 5) is 0. The van der Waals surface area contributed by atoms with E-state index in [9.17, 15) is 13.2 Å². The Morgan fingerprint density at radius 2 is 1.83 bits per heavy atom. The van der Waals surface area contributed by atoms with Crippen LogP contribution in [0.15, 0.2) is 22.7 Å². The van der Waals surface area contributed by atoms with Crippen LogP contribution < -0.4 is 5.32 Å². The number of rotatable bonds is 2. The summed E-state index contributed by atoms with van der Waals surface area (Å²) in [5, 5.41) is 3.08. The van der Waals surface area contributed by atoms with Crippen LogP contribution in [0.5, 0.6) is 0 Å². The third-order valence-electron chi connectivity index (χ3n) is 3.43. The number of hydrogen-bond acceptors (Lipinski definition) is 1. The Bertz CT molecular complexity index is 436. The lowest BCUT2D eigenvalue weighted by atomic mass is 9.99. The zero-order chi connectivity index (χ0) is 13.4. The fourth-order valence-corrected chi connectivity index (χ4v) is 2.83. The second-order valence-electron chi connectivity index (χ2n) is 5.08. The van der Waals surface area contributed by atoms with Crippen LogP contribution in [0.3, 0.4) is 0 Å². The molecule has 0 unspecified atom stereocenters. The third kappa shape index (κ3) is 2.99. The van der Waals surface area contributed by atoms with Crippen LogP contribution in [-0.2, 0) is 6.18 Å². The van der Waals surface area contributed by atoms with Gasteiger partial charge < -0.3 is 5.32 Å². The van der Waals surface area contributed by atoms with Crippen LogP contribution in [0.1, 0.15) is 38.2 Å². The molecule has 1 N–H and O–H groups in total. The minimum Gasteiger partial charge on any atom is -0.379 e. The summed E-state index contributed by atoms with van der Waals surface area (Å²) < 4.78 is 39.4. The fraction of sp³-hybridized carbons (Fsp3) is 0.538. The molecule has 1 saturated carbocycles. The van der Waals surface area contributed by atoms with Gasteiger partial charge in [-0.05, 0) is 38.0 Å². The Labute approximate surface area is 113 Å². The van der Waals surface area contributed by atoms with Gasteiger partial charge in [0.15, 0.2) is 0 Å². The van der Waals surface area contributed by atoms with Crippen LogP contribution in [0.2, 0.25) is 0 Å². The highest BCUT2D eigenvalue weighted by Gasteiger charge is 2.36. The van der Waals surface area contributed by atoms with E-state index in [1.165, 1.54) is 12.1 Å². The van der Waals surface area contributed by atoms with E-state index in [0.717, 1.165) is 31.7 Å². The summed E-state index contributed by atoms with van der Waals surface area (Å²) in [5.74, 6) is 0. The minimum atomic E-state index is -4.32. The van der Waals surface area contributed by atoms with Crippen molar-refractivity contribution < 1.29 is 13.2 Å². The molecule has 1 aromatic carbocycles. The molecule has 0 aromatic heterocycles. The van der Waals surface area contributed by atoms with Gasteiger partial charge >= 0.3 is 6.18 Å². The predicted octanol–water partition coefficient (Wildman–Crippen LogP) is 5.21. The molecule has 0 amide bonds. The molecule has 18 heavy (non-hydrogen) atoms. The van der Waals surface area contributed by atoms with Crippen molar-refractivity contribution in [1.29, 1.82) is 0 Å². The van der Waals surface area contributed by atoms with E-state index in [2.05, 4.69) is 21.2 Å².